The van der Waals surface area contributed by atoms with Crippen molar-refractivity contribution in [2.24, 2.45) is 0 Å². The molecule has 6 nitrogen and oxygen atoms in total. The Balaban J connectivity index is 1.82. The van der Waals surface area contributed by atoms with Gasteiger partial charge in [-0.15, -0.1) is 11.3 Å². The number of aromatic nitrogens is 2. The van der Waals surface area contributed by atoms with E-state index in [-0.39, 0.29) is 11.5 Å². The number of amides is 1. The minimum atomic E-state index is -4.68. The molecular formula is C17H17F2N3O3S2. The summed E-state index contributed by atoms with van der Waals surface area (Å²) in [5.74, 6) is -3.85. The van der Waals surface area contributed by atoms with Crippen LogP contribution in [-0.2, 0) is 16.4 Å². The van der Waals surface area contributed by atoms with Gasteiger partial charge in [-0.1, -0.05) is 0 Å². The van der Waals surface area contributed by atoms with Gasteiger partial charge in [0, 0.05) is 23.7 Å². The number of imidazole rings is 1. The predicted molar refractivity (Wildman–Crippen MR) is 98.0 cm³/mol. The summed E-state index contributed by atoms with van der Waals surface area (Å²) < 4.78 is 50.1. The quantitative estimate of drug-likeness (QED) is 0.644. The number of aryl methyl sites for hydroxylation is 2. The predicted octanol–water partition coefficient (Wildman–Crippen LogP) is 3.28. The lowest BCUT2D eigenvalue weighted by molar-refractivity contribution is 0.0783. The number of carbonyl (C=O) groups is 1. The molecule has 0 radical (unpaired) electrons. The monoisotopic (exact) mass is 413 g/mol. The van der Waals surface area contributed by atoms with Crippen molar-refractivity contribution in [3.05, 3.63) is 52.3 Å². The Hall–Kier alpha value is -2.33. The van der Waals surface area contributed by atoms with E-state index < -0.39 is 20.5 Å². The lowest BCUT2D eigenvalue weighted by Gasteiger charge is -2.17. The van der Waals surface area contributed by atoms with Crippen LogP contribution in [-0.4, -0.2) is 41.4 Å². The first-order valence-electron chi connectivity index (χ1n) is 7.93. The Kier molecular flexibility index (Phi) is 5.04. The van der Waals surface area contributed by atoms with Gasteiger partial charge < -0.3 is 4.90 Å². The second-order valence-electron chi connectivity index (χ2n) is 6.13. The summed E-state index contributed by atoms with van der Waals surface area (Å²) >= 11 is 1.56. The molecule has 2 aromatic heterocycles. The van der Waals surface area contributed by atoms with Gasteiger partial charge in [0.25, 0.3) is 5.91 Å². The smallest absolute Gasteiger partial charge is 0.336 e. The second kappa shape index (κ2) is 7.01. The Bertz CT molecular complexity index is 1100. The number of hydrogen-bond acceptors (Lipinski definition) is 5. The van der Waals surface area contributed by atoms with Crippen LogP contribution >= 0.6 is 11.3 Å². The van der Waals surface area contributed by atoms with E-state index >= 15 is 0 Å². The summed E-state index contributed by atoms with van der Waals surface area (Å²) in [6.45, 7) is 4.15. The van der Waals surface area contributed by atoms with Crippen molar-refractivity contribution >= 4 is 32.0 Å². The highest BCUT2D eigenvalue weighted by atomic mass is 32.2. The van der Waals surface area contributed by atoms with Gasteiger partial charge in [0.15, 0.2) is 4.96 Å². The topological polar surface area (TPSA) is 71.8 Å². The summed E-state index contributed by atoms with van der Waals surface area (Å²) in [4.78, 5) is 20.0. The highest BCUT2D eigenvalue weighted by Gasteiger charge is 2.26. The molecule has 0 saturated heterocycles. The molecule has 1 aromatic carbocycles. The molecule has 0 aliphatic rings. The Morgan fingerprint density at radius 3 is 2.48 bits per heavy atom. The van der Waals surface area contributed by atoms with Crippen molar-refractivity contribution in [3.63, 3.8) is 0 Å². The number of carbonyl (C=O) groups excluding carboxylic acids is 1. The largest absolute Gasteiger partial charge is 0.341 e. The maximum atomic E-state index is 12.6. The third kappa shape index (κ3) is 3.59. The number of benzene rings is 1. The fourth-order valence-corrected chi connectivity index (χ4v) is 4.32. The standard InChI is InChI=1S/C17H17F2N3O3S2/c1-10-8-22-14(11(2)20-17(22)26-10)9-21(3)15(23)12-4-6-13(7-5-12)27(24,25)16(18)19/h4-8,16H,9H2,1-3H3. The number of nitrogens with zero attached hydrogens (tertiary/aromatic N) is 3. The van der Waals surface area contributed by atoms with Crippen molar-refractivity contribution in [1.82, 2.24) is 14.3 Å². The minimum absolute atomic E-state index is 0.214. The zero-order chi connectivity index (χ0) is 19.9. The summed E-state index contributed by atoms with van der Waals surface area (Å²) in [6.07, 6.45) is 1.96. The van der Waals surface area contributed by atoms with E-state index in [1.807, 2.05) is 24.4 Å². The first kappa shape index (κ1) is 19.4. The molecule has 0 bridgehead atoms. The molecule has 3 aromatic rings. The van der Waals surface area contributed by atoms with Gasteiger partial charge in [0.1, 0.15) is 0 Å². The lowest BCUT2D eigenvalue weighted by Crippen LogP contribution is -2.27. The highest BCUT2D eigenvalue weighted by molar-refractivity contribution is 7.91. The van der Waals surface area contributed by atoms with Gasteiger partial charge in [-0.05, 0) is 38.1 Å². The maximum Gasteiger partial charge on any atom is 0.341 e. The van der Waals surface area contributed by atoms with Crippen LogP contribution in [0.1, 0.15) is 26.6 Å². The zero-order valence-corrected chi connectivity index (χ0v) is 16.4. The molecule has 1 amide bonds. The maximum absolute atomic E-state index is 12.6. The second-order valence-corrected chi connectivity index (χ2v) is 9.26. The summed E-state index contributed by atoms with van der Waals surface area (Å²) in [5, 5.41) is 0. The van der Waals surface area contributed by atoms with Gasteiger partial charge in [0.05, 0.1) is 22.8 Å². The van der Waals surface area contributed by atoms with E-state index in [9.17, 15) is 22.0 Å². The Morgan fingerprint density at radius 2 is 1.89 bits per heavy atom. The molecule has 0 fully saturated rings. The van der Waals surface area contributed by atoms with E-state index in [1.165, 1.54) is 17.0 Å². The number of hydrogen-bond donors (Lipinski definition) is 0. The van der Waals surface area contributed by atoms with Crippen LogP contribution in [0.25, 0.3) is 4.96 Å². The first-order chi connectivity index (χ1) is 12.6. The van der Waals surface area contributed by atoms with Gasteiger partial charge in [-0.2, -0.15) is 8.78 Å². The molecule has 0 atom stereocenters. The lowest BCUT2D eigenvalue weighted by atomic mass is 10.2. The van der Waals surface area contributed by atoms with Crippen LogP contribution in [0.15, 0.2) is 35.4 Å². The van der Waals surface area contributed by atoms with Gasteiger partial charge in [0.2, 0.25) is 9.84 Å². The minimum Gasteiger partial charge on any atom is -0.336 e. The molecule has 2 heterocycles. The Morgan fingerprint density at radius 1 is 1.26 bits per heavy atom. The summed E-state index contributed by atoms with van der Waals surface area (Å²) in [5.41, 5.74) is 1.91. The molecule has 3 rings (SSSR count). The number of halogens is 2. The van der Waals surface area contributed by atoms with Crippen molar-refractivity contribution in [2.45, 2.75) is 31.0 Å². The SMILES string of the molecule is Cc1cn2c(CN(C)C(=O)c3ccc(S(=O)(=O)C(F)F)cc3)c(C)nc2s1. The van der Waals surface area contributed by atoms with Crippen LogP contribution in [0.5, 0.6) is 0 Å². The number of sulfone groups is 1. The normalized spacial score (nSPS) is 12.1. The van der Waals surface area contributed by atoms with Crippen molar-refractivity contribution in [2.75, 3.05) is 7.05 Å². The first-order valence-corrected chi connectivity index (χ1v) is 10.3. The molecule has 144 valence electrons. The number of fused-ring (bicyclic) bond motifs is 1. The van der Waals surface area contributed by atoms with E-state index in [1.54, 1.807) is 18.4 Å². The molecule has 0 aliphatic heterocycles. The average Bonchev–Trinajstić information content (AvgIpc) is 3.10. The van der Waals surface area contributed by atoms with E-state index in [0.717, 1.165) is 33.4 Å². The van der Waals surface area contributed by atoms with E-state index in [4.69, 9.17) is 0 Å². The van der Waals surface area contributed by atoms with Crippen molar-refractivity contribution < 1.29 is 22.0 Å². The molecule has 27 heavy (non-hydrogen) atoms. The fourth-order valence-electron chi connectivity index (χ4n) is 2.71. The summed E-state index contributed by atoms with van der Waals surface area (Å²) in [6, 6.07) is 4.52. The van der Waals surface area contributed by atoms with E-state index in [0.29, 0.717) is 6.54 Å². The van der Waals surface area contributed by atoms with Crippen molar-refractivity contribution in [3.8, 4) is 0 Å². The molecule has 0 unspecified atom stereocenters. The van der Waals surface area contributed by atoms with Crippen molar-refractivity contribution in [1.29, 1.82) is 0 Å². The molecule has 10 heteroatoms. The van der Waals surface area contributed by atoms with Crippen LogP contribution in [0, 0.1) is 13.8 Å². The molecule has 0 aliphatic carbocycles. The van der Waals surface area contributed by atoms with Crippen LogP contribution in [0.3, 0.4) is 0 Å². The fraction of sp³-hybridized carbons (Fsp3) is 0.294. The Labute approximate surface area is 159 Å². The zero-order valence-electron chi connectivity index (χ0n) is 14.8. The van der Waals surface area contributed by atoms with Crippen LogP contribution in [0.4, 0.5) is 8.78 Å². The van der Waals surface area contributed by atoms with E-state index in [2.05, 4.69) is 4.98 Å². The van der Waals surface area contributed by atoms with Gasteiger partial charge >= 0.3 is 5.76 Å². The number of thiazole rings is 1. The average molecular weight is 413 g/mol. The molecule has 0 N–H and O–H groups in total. The van der Waals surface area contributed by atoms with Crippen LogP contribution in [0.2, 0.25) is 0 Å². The summed E-state index contributed by atoms with van der Waals surface area (Å²) in [7, 11) is -3.06. The molecule has 0 spiro atoms. The van der Waals surface area contributed by atoms with Crippen LogP contribution < -0.4 is 0 Å². The number of alkyl halides is 2. The van der Waals surface area contributed by atoms with Gasteiger partial charge in [-0.25, -0.2) is 13.4 Å². The molecular weight excluding hydrogens is 396 g/mol. The highest BCUT2D eigenvalue weighted by Crippen LogP contribution is 2.23. The van der Waals surface area contributed by atoms with Gasteiger partial charge in [-0.3, -0.25) is 9.20 Å². The number of rotatable bonds is 5. The third-order valence-electron chi connectivity index (χ3n) is 4.14. The molecule has 0 saturated carbocycles. The third-order valence-corrected chi connectivity index (χ3v) is 6.44.